The van der Waals surface area contributed by atoms with Gasteiger partial charge in [0.25, 0.3) is 0 Å². The molecule has 4 nitrogen and oxygen atoms in total. The van der Waals surface area contributed by atoms with Crippen LogP contribution in [0.2, 0.25) is 0 Å². The summed E-state index contributed by atoms with van der Waals surface area (Å²) in [4.78, 5) is 18.0. The van der Waals surface area contributed by atoms with Crippen LogP contribution >= 0.6 is 0 Å². The van der Waals surface area contributed by atoms with Crippen LogP contribution in [0.25, 0.3) is 0 Å². The van der Waals surface area contributed by atoms with Crippen molar-refractivity contribution in [3.63, 3.8) is 0 Å². The molecule has 0 saturated carbocycles. The zero-order chi connectivity index (χ0) is 13.0. The highest BCUT2D eigenvalue weighted by atomic mass is 19.1. The number of ether oxygens (including phenoxy) is 1. The van der Waals surface area contributed by atoms with Crippen molar-refractivity contribution in [3.05, 3.63) is 29.8 Å². The van der Waals surface area contributed by atoms with Crippen molar-refractivity contribution in [2.45, 2.75) is 19.4 Å². The molecule has 98 valence electrons. The molecule has 1 aliphatic heterocycles. The molecular formula is C13H17FN2O2. The summed E-state index contributed by atoms with van der Waals surface area (Å²) in [5.41, 5.74) is 0.0633. The number of nitrogens with zero attached hydrogens (tertiary/aromatic N) is 2. The molecule has 0 amide bonds. The highest BCUT2D eigenvalue weighted by Gasteiger charge is 2.28. The Bertz CT molecular complexity index is 423. The van der Waals surface area contributed by atoms with E-state index in [1.54, 1.807) is 0 Å². The Balaban J connectivity index is 2.07. The zero-order valence-electron chi connectivity index (χ0n) is 10.4. The molecule has 1 aromatic heterocycles. The maximum Gasteiger partial charge on any atom is 0.195 e. The maximum atomic E-state index is 13.5. The van der Waals surface area contributed by atoms with E-state index >= 15 is 0 Å². The molecule has 5 heteroatoms. The summed E-state index contributed by atoms with van der Waals surface area (Å²) in [5.74, 6) is -0.880. The van der Waals surface area contributed by atoms with Crippen molar-refractivity contribution in [1.29, 1.82) is 0 Å². The average Bonchev–Trinajstić information content (AvgIpc) is 2.39. The summed E-state index contributed by atoms with van der Waals surface area (Å²) in [5, 5.41) is 0. The van der Waals surface area contributed by atoms with E-state index in [9.17, 15) is 9.18 Å². The Kier molecular flexibility index (Phi) is 4.38. The number of morpholine rings is 1. The zero-order valence-corrected chi connectivity index (χ0v) is 10.4. The van der Waals surface area contributed by atoms with E-state index in [2.05, 4.69) is 16.8 Å². The van der Waals surface area contributed by atoms with E-state index in [-0.39, 0.29) is 11.3 Å². The van der Waals surface area contributed by atoms with Crippen LogP contribution in [0.15, 0.2) is 18.5 Å². The van der Waals surface area contributed by atoms with Gasteiger partial charge in [-0.2, -0.15) is 0 Å². The summed E-state index contributed by atoms with van der Waals surface area (Å²) in [6.45, 7) is 4.91. The molecule has 2 heterocycles. The molecule has 18 heavy (non-hydrogen) atoms. The van der Waals surface area contributed by atoms with Gasteiger partial charge in [-0.05, 0) is 19.0 Å². The largest absolute Gasteiger partial charge is 0.367 e. The van der Waals surface area contributed by atoms with Crippen LogP contribution in [0.4, 0.5) is 4.39 Å². The second kappa shape index (κ2) is 6.02. The predicted octanol–water partition coefficient (Wildman–Crippen LogP) is 1.51. The van der Waals surface area contributed by atoms with E-state index in [1.807, 2.05) is 0 Å². The first-order valence-corrected chi connectivity index (χ1v) is 6.20. The first-order valence-electron chi connectivity index (χ1n) is 6.20. The van der Waals surface area contributed by atoms with Crippen molar-refractivity contribution >= 4 is 5.78 Å². The van der Waals surface area contributed by atoms with Gasteiger partial charge in [0.05, 0.1) is 18.4 Å². The molecule has 0 bridgehead atoms. The number of rotatable bonds is 4. The highest BCUT2D eigenvalue weighted by Crippen LogP contribution is 2.14. The number of ketones is 1. The summed E-state index contributed by atoms with van der Waals surface area (Å²) >= 11 is 0. The normalized spacial score (nSPS) is 20.9. The molecule has 0 aliphatic carbocycles. The molecule has 1 saturated heterocycles. The van der Waals surface area contributed by atoms with E-state index in [4.69, 9.17) is 4.74 Å². The third-order valence-electron chi connectivity index (χ3n) is 3.02. The lowest BCUT2D eigenvalue weighted by Gasteiger charge is -2.31. The number of carbonyl (C=O) groups is 1. The van der Waals surface area contributed by atoms with Gasteiger partial charge in [0, 0.05) is 19.3 Å². The van der Waals surface area contributed by atoms with Gasteiger partial charge in [-0.25, -0.2) is 4.39 Å². The standard InChI is InChI=1S/C13H17FN2O2/c1-2-5-16-6-7-18-12(9-16)13(17)10-3-4-15-8-11(10)14/h3-4,8,12H,2,5-7,9H2,1H3. The van der Waals surface area contributed by atoms with Crippen LogP contribution in [0.1, 0.15) is 23.7 Å². The monoisotopic (exact) mass is 252 g/mol. The van der Waals surface area contributed by atoms with Gasteiger partial charge in [0.1, 0.15) is 6.10 Å². The Morgan fingerprint density at radius 2 is 2.50 bits per heavy atom. The number of hydrogen-bond donors (Lipinski definition) is 0. The number of halogens is 1. The number of carbonyl (C=O) groups excluding carboxylic acids is 1. The SMILES string of the molecule is CCCN1CCOC(C(=O)c2ccncc2F)C1. The van der Waals surface area contributed by atoms with Gasteiger partial charge < -0.3 is 4.74 Å². The quantitative estimate of drug-likeness (QED) is 0.762. The highest BCUT2D eigenvalue weighted by molar-refractivity contribution is 5.99. The van der Waals surface area contributed by atoms with Crippen LogP contribution in [0, 0.1) is 5.82 Å². The number of pyridine rings is 1. The average molecular weight is 252 g/mol. The molecule has 0 N–H and O–H groups in total. The van der Waals surface area contributed by atoms with E-state index in [0.717, 1.165) is 25.7 Å². The van der Waals surface area contributed by atoms with Crippen LogP contribution in [-0.4, -0.2) is 48.0 Å². The first kappa shape index (κ1) is 13.1. The lowest BCUT2D eigenvalue weighted by Crippen LogP contribution is -2.46. The van der Waals surface area contributed by atoms with Crippen molar-refractivity contribution in [2.24, 2.45) is 0 Å². The smallest absolute Gasteiger partial charge is 0.195 e. The van der Waals surface area contributed by atoms with Crippen LogP contribution < -0.4 is 0 Å². The summed E-state index contributed by atoms with van der Waals surface area (Å²) < 4.78 is 18.9. The Labute approximate surface area is 106 Å². The van der Waals surface area contributed by atoms with Gasteiger partial charge in [-0.3, -0.25) is 14.7 Å². The van der Waals surface area contributed by atoms with Gasteiger partial charge in [-0.1, -0.05) is 6.92 Å². The fourth-order valence-electron chi connectivity index (χ4n) is 2.13. The second-order valence-corrected chi connectivity index (χ2v) is 4.38. The van der Waals surface area contributed by atoms with Crippen LogP contribution in [0.5, 0.6) is 0 Å². The van der Waals surface area contributed by atoms with Gasteiger partial charge in [-0.15, -0.1) is 0 Å². The molecule has 1 fully saturated rings. The Morgan fingerprint density at radius 3 is 3.22 bits per heavy atom. The van der Waals surface area contributed by atoms with E-state index < -0.39 is 11.9 Å². The molecule has 1 unspecified atom stereocenters. The summed E-state index contributed by atoms with van der Waals surface area (Å²) in [6.07, 6.45) is 2.94. The molecule has 1 atom stereocenters. The van der Waals surface area contributed by atoms with Crippen LogP contribution in [0.3, 0.4) is 0 Å². The minimum Gasteiger partial charge on any atom is -0.367 e. The van der Waals surface area contributed by atoms with Crippen molar-refractivity contribution in [1.82, 2.24) is 9.88 Å². The summed E-state index contributed by atoms with van der Waals surface area (Å²) in [6, 6.07) is 1.40. The molecule has 0 aromatic carbocycles. The maximum absolute atomic E-state index is 13.5. The topological polar surface area (TPSA) is 42.4 Å². The van der Waals surface area contributed by atoms with Gasteiger partial charge in [0.2, 0.25) is 0 Å². The fraction of sp³-hybridized carbons (Fsp3) is 0.538. The molecule has 0 spiro atoms. The predicted molar refractivity (Wildman–Crippen MR) is 65.0 cm³/mol. The third kappa shape index (κ3) is 2.91. The molecule has 1 aliphatic rings. The first-order chi connectivity index (χ1) is 8.72. The van der Waals surface area contributed by atoms with Crippen molar-refractivity contribution in [2.75, 3.05) is 26.2 Å². The number of hydrogen-bond acceptors (Lipinski definition) is 4. The minimum absolute atomic E-state index is 0.0633. The third-order valence-corrected chi connectivity index (χ3v) is 3.02. The number of Topliss-reactive ketones (excluding diaryl/α,β-unsaturated/α-hetero) is 1. The lowest BCUT2D eigenvalue weighted by molar-refractivity contribution is -0.0165. The Hall–Kier alpha value is -1.33. The van der Waals surface area contributed by atoms with Crippen molar-refractivity contribution in [3.8, 4) is 0 Å². The van der Waals surface area contributed by atoms with Gasteiger partial charge >= 0.3 is 0 Å². The fourth-order valence-corrected chi connectivity index (χ4v) is 2.13. The molecule has 0 radical (unpaired) electrons. The Morgan fingerprint density at radius 1 is 1.67 bits per heavy atom. The summed E-state index contributed by atoms with van der Waals surface area (Å²) in [7, 11) is 0. The molecule has 2 rings (SSSR count). The van der Waals surface area contributed by atoms with Crippen molar-refractivity contribution < 1.29 is 13.9 Å². The van der Waals surface area contributed by atoms with Gasteiger partial charge in [0.15, 0.2) is 11.6 Å². The number of aromatic nitrogens is 1. The second-order valence-electron chi connectivity index (χ2n) is 4.38. The lowest BCUT2D eigenvalue weighted by atomic mass is 10.1. The van der Waals surface area contributed by atoms with Crippen LogP contribution in [-0.2, 0) is 4.74 Å². The molecular weight excluding hydrogens is 235 g/mol. The minimum atomic E-state index is -0.585. The van der Waals surface area contributed by atoms with E-state index in [0.29, 0.717) is 13.2 Å². The molecule has 1 aromatic rings. The van der Waals surface area contributed by atoms with E-state index in [1.165, 1.54) is 12.3 Å².